The Balaban J connectivity index is 1.61. The topological polar surface area (TPSA) is 86.5 Å². The molecule has 0 atom stereocenters. The van der Waals surface area contributed by atoms with Crippen molar-refractivity contribution in [3.63, 3.8) is 0 Å². The van der Waals surface area contributed by atoms with E-state index in [4.69, 9.17) is 9.47 Å². The highest BCUT2D eigenvalue weighted by Crippen LogP contribution is 2.17. The molecule has 8 nitrogen and oxygen atoms in total. The van der Waals surface area contributed by atoms with E-state index in [1.54, 1.807) is 11.8 Å². The van der Waals surface area contributed by atoms with Gasteiger partial charge in [-0.2, -0.15) is 4.68 Å². The lowest BCUT2D eigenvalue weighted by Crippen LogP contribution is -2.43. The van der Waals surface area contributed by atoms with Crippen molar-refractivity contribution in [2.45, 2.75) is 25.9 Å². The minimum atomic E-state index is -0.653. The number of benzene rings is 1. The Morgan fingerprint density at radius 1 is 1.26 bits per heavy atom. The van der Waals surface area contributed by atoms with E-state index in [0.29, 0.717) is 37.0 Å². The number of amides is 1. The van der Waals surface area contributed by atoms with Gasteiger partial charge in [-0.25, -0.2) is 9.59 Å². The predicted molar refractivity (Wildman–Crippen MR) is 81.0 cm³/mol. The first-order valence-corrected chi connectivity index (χ1v) is 7.62. The summed E-state index contributed by atoms with van der Waals surface area (Å²) in [5.74, 6) is 0. The number of likely N-dealkylation sites (tertiary alicyclic amines) is 1. The second-order valence-corrected chi connectivity index (χ2v) is 5.26. The van der Waals surface area contributed by atoms with Crippen LogP contribution in [-0.4, -0.2) is 57.9 Å². The highest BCUT2D eigenvalue weighted by molar-refractivity contribution is 5.87. The van der Waals surface area contributed by atoms with Crippen LogP contribution in [0.2, 0.25) is 0 Å². The zero-order chi connectivity index (χ0) is 16.2. The molecule has 122 valence electrons. The van der Waals surface area contributed by atoms with Crippen LogP contribution in [0.25, 0.3) is 11.0 Å². The number of piperidine rings is 1. The van der Waals surface area contributed by atoms with Crippen LogP contribution in [0, 0.1) is 0 Å². The lowest BCUT2D eigenvalue weighted by Gasteiger charge is -2.30. The van der Waals surface area contributed by atoms with Crippen molar-refractivity contribution in [3.8, 4) is 0 Å². The van der Waals surface area contributed by atoms with E-state index in [9.17, 15) is 9.59 Å². The van der Waals surface area contributed by atoms with E-state index in [1.165, 1.54) is 4.68 Å². The molecule has 0 spiro atoms. The Morgan fingerprint density at radius 3 is 2.74 bits per heavy atom. The van der Waals surface area contributed by atoms with Gasteiger partial charge in [0.15, 0.2) is 0 Å². The molecule has 0 saturated carbocycles. The Kier molecular flexibility index (Phi) is 4.40. The molecule has 0 bridgehead atoms. The quantitative estimate of drug-likeness (QED) is 0.788. The Labute approximate surface area is 132 Å². The molecule has 1 aromatic carbocycles. The largest absolute Gasteiger partial charge is 0.508 e. The van der Waals surface area contributed by atoms with Crippen molar-refractivity contribution in [3.05, 3.63) is 24.3 Å². The third-order valence-electron chi connectivity index (χ3n) is 3.77. The molecule has 1 fully saturated rings. The summed E-state index contributed by atoms with van der Waals surface area (Å²) in [6, 6.07) is 7.10. The fourth-order valence-corrected chi connectivity index (χ4v) is 2.60. The first kappa shape index (κ1) is 15.3. The smallest absolute Gasteiger partial charge is 0.435 e. The maximum absolute atomic E-state index is 12.6. The van der Waals surface area contributed by atoms with Gasteiger partial charge in [-0.3, -0.25) is 0 Å². The monoisotopic (exact) mass is 318 g/mol. The van der Waals surface area contributed by atoms with E-state index in [2.05, 4.69) is 10.3 Å². The van der Waals surface area contributed by atoms with Crippen LogP contribution in [0.15, 0.2) is 24.3 Å². The van der Waals surface area contributed by atoms with Gasteiger partial charge in [-0.05, 0) is 19.1 Å². The highest BCUT2D eigenvalue weighted by atomic mass is 16.7. The fourth-order valence-electron chi connectivity index (χ4n) is 2.60. The van der Waals surface area contributed by atoms with Crippen LogP contribution in [0.5, 0.6) is 0 Å². The first-order valence-electron chi connectivity index (χ1n) is 7.62. The maximum atomic E-state index is 12.6. The van der Waals surface area contributed by atoms with Gasteiger partial charge in [-0.15, -0.1) is 5.10 Å². The maximum Gasteiger partial charge on any atom is 0.508 e. The molecule has 0 radical (unpaired) electrons. The van der Waals surface area contributed by atoms with E-state index < -0.39 is 6.16 Å². The number of ether oxygens (including phenoxy) is 2. The molecule has 8 heteroatoms. The minimum absolute atomic E-state index is 0.215. The van der Waals surface area contributed by atoms with Gasteiger partial charge < -0.3 is 14.4 Å². The summed E-state index contributed by atoms with van der Waals surface area (Å²) in [6.45, 7) is 3.01. The second-order valence-electron chi connectivity index (χ2n) is 5.26. The average Bonchev–Trinajstić information content (AvgIpc) is 2.99. The molecule has 0 aliphatic carbocycles. The van der Waals surface area contributed by atoms with E-state index >= 15 is 0 Å². The molecular formula is C15H18N4O4. The number of carbonyl (C=O) groups excluding carboxylic acids is 2. The minimum Gasteiger partial charge on any atom is -0.435 e. The number of hydrogen-bond donors (Lipinski definition) is 0. The molecule has 1 amide bonds. The van der Waals surface area contributed by atoms with E-state index in [-0.39, 0.29) is 18.7 Å². The summed E-state index contributed by atoms with van der Waals surface area (Å²) < 4.78 is 11.3. The van der Waals surface area contributed by atoms with Gasteiger partial charge in [0.25, 0.3) is 0 Å². The van der Waals surface area contributed by atoms with Gasteiger partial charge in [0.2, 0.25) is 0 Å². The molecule has 0 N–H and O–H groups in total. The molecule has 3 rings (SSSR count). The zero-order valence-electron chi connectivity index (χ0n) is 12.8. The molecule has 1 aliphatic heterocycles. The van der Waals surface area contributed by atoms with Crippen LogP contribution >= 0.6 is 0 Å². The number of hydrogen-bond acceptors (Lipinski definition) is 6. The molecule has 2 heterocycles. The fraction of sp³-hybridized carbons (Fsp3) is 0.467. The lowest BCUT2D eigenvalue weighted by molar-refractivity contribution is 0.00655. The molecule has 0 unspecified atom stereocenters. The highest BCUT2D eigenvalue weighted by Gasteiger charge is 2.27. The van der Waals surface area contributed by atoms with Gasteiger partial charge in [0.1, 0.15) is 11.6 Å². The third-order valence-corrected chi connectivity index (χ3v) is 3.77. The van der Waals surface area contributed by atoms with Crippen LogP contribution in [0.1, 0.15) is 19.8 Å². The van der Waals surface area contributed by atoms with Gasteiger partial charge in [0.05, 0.1) is 12.1 Å². The number of fused-ring (bicyclic) bond motifs is 1. The van der Waals surface area contributed by atoms with E-state index in [1.807, 2.05) is 24.3 Å². The molecular weight excluding hydrogens is 300 g/mol. The number of nitrogens with zero attached hydrogens (tertiary/aromatic N) is 4. The van der Waals surface area contributed by atoms with Crippen molar-refractivity contribution in [1.82, 2.24) is 19.9 Å². The molecule has 1 aliphatic rings. The standard InChI is InChI=1S/C15H18N4O4/c1-2-22-15(21)23-11-7-9-18(10-8-11)14(20)19-13-6-4-3-5-12(13)16-17-19/h3-6,11H,2,7-10H2,1H3. The zero-order valence-corrected chi connectivity index (χ0v) is 12.8. The van der Waals surface area contributed by atoms with Crippen molar-refractivity contribution < 1.29 is 19.1 Å². The molecule has 2 aromatic rings. The van der Waals surface area contributed by atoms with Crippen molar-refractivity contribution in [2.75, 3.05) is 19.7 Å². The Morgan fingerprint density at radius 2 is 2.00 bits per heavy atom. The summed E-state index contributed by atoms with van der Waals surface area (Å²) in [5.41, 5.74) is 1.36. The van der Waals surface area contributed by atoms with Gasteiger partial charge >= 0.3 is 12.2 Å². The Bertz CT molecular complexity index is 706. The Hall–Kier alpha value is -2.64. The molecule has 1 aromatic heterocycles. The average molecular weight is 318 g/mol. The number of aromatic nitrogens is 3. The number of rotatable bonds is 2. The van der Waals surface area contributed by atoms with Crippen LogP contribution in [0.4, 0.5) is 9.59 Å². The number of para-hydroxylation sites is 1. The summed E-state index contributed by atoms with van der Waals surface area (Å²) in [5, 5.41) is 7.92. The predicted octanol–water partition coefficient (Wildman–Crippen LogP) is 2.04. The van der Waals surface area contributed by atoms with Crippen LogP contribution in [-0.2, 0) is 9.47 Å². The van der Waals surface area contributed by atoms with Crippen molar-refractivity contribution in [1.29, 1.82) is 0 Å². The lowest BCUT2D eigenvalue weighted by atomic mass is 10.1. The van der Waals surface area contributed by atoms with Crippen molar-refractivity contribution in [2.24, 2.45) is 0 Å². The van der Waals surface area contributed by atoms with Gasteiger partial charge in [0, 0.05) is 25.9 Å². The van der Waals surface area contributed by atoms with Gasteiger partial charge in [-0.1, -0.05) is 17.3 Å². The van der Waals surface area contributed by atoms with Crippen LogP contribution in [0.3, 0.4) is 0 Å². The third kappa shape index (κ3) is 3.25. The summed E-state index contributed by atoms with van der Waals surface area (Å²) in [6.07, 6.45) is 0.291. The normalized spacial score (nSPS) is 15.6. The van der Waals surface area contributed by atoms with Crippen LogP contribution < -0.4 is 0 Å². The first-order chi connectivity index (χ1) is 11.2. The number of carbonyl (C=O) groups is 2. The second kappa shape index (κ2) is 6.64. The van der Waals surface area contributed by atoms with Crippen molar-refractivity contribution >= 4 is 23.2 Å². The molecule has 23 heavy (non-hydrogen) atoms. The van der Waals surface area contributed by atoms with E-state index in [0.717, 1.165) is 0 Å². The molecule has 1 saturated heterocycles. The SMILES string of the molecule is CCOC(=O)OC1CCN(C(=O)n2nnc3ccccc32)CC1. The summed E-state index contributed by atoms with van der Waals surface area (Å²) in [7, 11) is 0. The summed E-state index contributed by atoms with van der Waals surface area (Å²) >= 11 is 0. The summed E-state index contributed by atoms with van der Waals surface area (Å²) in [4.78, 5) is 25.6.